The first-order valence-electron chi connectivity index (χ1n) is 6.44. The quantitative estimate of drug-likeness (QED) is 0.628. The number of alkyl halides is 2. The van der Waals surface area contributed by atoms with E-state index in [1.54, 1.807) is 25.1 Å². The molecule has 104 valence electrons. The molecule has 0 amide bonds. The Morgan fingerprint density at radius 1 is 1.37 bits per heavy atom. The van der Waals surface area contributed by atoms with Gasteiger partial charge in [0.1, 0.15) is 11.8 Å². The Balaban J connectivity index is 3.20. The molecular weight excluding hydrogens is 242 g/mol. The van der Waals surface area contributed by atoms with Gasteiger partial charge in [0.25, 0.3) is 0 Å². The number of allylic oxidation sites excluding steroid dienone is 3. The predicted octanol–water partition coefficient (Wildman–Crippen LogP) is 5.52. The lowest BCUT2D eigenvalue weighted by Gasteiger charge is -2.17. The van der Waals surface area contributed by atoms with Crippen molar-refractivity contribution >= 4 is 5.57 Å². The van der Waals surface area contributed by atoms with Crippen LogP contribution in [0.2, 0.25) is 0 Å². The van der Waals surface area contributed by atoms with Gasteiger partial charge in [-0.3, -0.25) is 0 Å². The summed E-state index contributed by atoms with van der Waals surface area (Å²) in [6.45, 7) is 12.2. The first-order valence-corrected chi connectivity index (χ1v) is 6.44. The maximum atomic E-state index is 14.0. The van der Waals surface area contributed by atoms with Gasteiger partial charge in [-0.25, -0.2) is 8.78 Å². The van der Waals surface area contributed by atoms with Crippen molar-refractivity contribution in [1.82, 2.24) is 0 Å². The second-order valence-corrected chi connectivity index (χ2v) is 5.53. The van der Waals surface area contributed by atoms with Crippen molar-refractivity contribution in [2.75, 3.05) is 0 Å². The molecule has 0 saturated carbocycles. The van der Waals surface area contributed by atoms with Crippen LogP contribution in [0.5, 0.6) is 0 Å². The Bertz CT molecular complexity index is 502. The topological polar surface area (TPSA) is 0 Å². The number of rotatable bonds is 4. The molecule has 0 aromatic heterocycles. The van der Waals surface area contributed by atoms with E-state index in [4.69, 9.17) is 0 Å². The number of halogens is 2. The predicted molar refractivity (Wildman–Crippen MR) is 78.7 cm³/mol. The van der Waals surface area contributed by atoms with Crippen LogP contribution in [0.15, 0.2) is 36.4 Å². The number of hydrogen-bond acceptors (Lipinski definition) is 0. The molecule has 1 aromatic carbocycles. The van der Waals surface area contributed by atoms with Crippen LogP contribution in [-0.2, 0) is 5.67 Å². The van der Waals surface area contributed by atoms with Gasteiger partial charge in [0, 0.05) is 0 Å². The number of aryl methyl sites for hydroxylation is 1. The molecule has 1 rings (SSSR count). The molecule has 0 fully saturated rings. The minimum atomic E-state index is -1.39. The smallest absolute Gasteiger partial charge is 0.130 e. The highest BCUT2D eigenvalue weighted by molar-refractivity contribution is 5.75. The molecule has 0 bridgehead atoms. The van der Waals surface area contributed by atoms with E-state index < -0.39 is 11.8 Å². The fourth-order valence-electron chi connectivity index (χ4n) is 1.81. The number of benzene rings is 1. The summed E-state index contributed by atoms with van der Waals surface area (Å²) < 4.78 is 27.2. The van der Waals surface area contributed by atoms with Crippen molar-refractivity contribution in [2.45, 2.75) is 46.5 Å². The third-order valence-corrected chi connectivity index (χ3v) is 3.30. The molecule has 2 heteroatoms. The van der Waals surface area contributed by atoms with E-state index in [0.717, 1.165) is 11.1 Å². The number of hydrogen-bond donors (Lipinski definition) is 0. The van der Waals surface area contributed by atoms with Crippen LogP contribution in [0.1, 0.15) is 44.4 Å². The zero-order chi connectivity index (χ0) is 14.8. The Morgan fingerprint density at radius 3 is 2.42 bits per heavy atom. The minimum Gasteiger partial charge on any atom is -0.243 e. The average Bonchev–Trinajstić information content (AvgIpc) is 2.27. The van der Waals surface area contributed by atoms with E-state index in [1.165, 1.54) is 20.8 Å². The summed E-state index contributed by atoms with van der Waals surface area (Å²) in [5, 5.41) is 0. The van der Waals surface area contributed by atoms with Gasteiger partial charge in [0.2, 0.25) is 0 Å². The molecule has 0 radical (unpaired) electrons. The average molecular weight is 264 g/mol. The molecule has 0 spiro atoms. The van der Waals surface area contributed by atoms with Crippen molar-refractivity contribution < 1.29 is 8.78 Å². The van der Waals surface area contributed by atoms with Crippen LogP contribution in [0.3, 0.4) is 0 Å². The Morgan fingerprint density at radius 2 is 1.95 bits per heavy atom. The third kappa shape index (κ3) is 4.02. The zero-order valence-corrected chi connectivity index (χ0v) is 12.3. The molecule has 0 saturated heterocycles. The standard InChI is InChI=1S/C17H22F2/c1-11-7-8-15(17(5,6)19)10-16(11)13(3)9-12(2)14(4)18/h7-10,14H,3H2,1-2,4-6H3/b12-9+. The Kier molecular flexibility index (Phi) is 4.67. The SMILES string of the molecule is C=C(/C=C(\C)C(C)F)c1cc(C(C)(C)F)ccc1C. The van der Waals surface area contributed by atoms with E-state index in [2.05, 4.69) is 6.58 Å². The molecule has 1 atom stereocenters. The highest BCUT2D eigenvalue weighted by Gasteiger charge is 2.19. The van der Waals surface area contributed by atoms with Crippen LogP contribution in [-0.4, -0.2) is 6.17 Å². The first kappa shape index (κ1) is 15.6. The van der Waals surface area contributed by atoms with Crippen LogP contribution in [0.4, 0.5) is 8.78 Å². The molecule has 0 nitrogen and oxygen atoms in total. The molecule has 19 heavy (non-hydrogen) atoms. The largest absolute Gasteiger partial charge is 0.243 e. The van der Waals surface area contributed by atoms with Crippen molar-refractivity contribution in [1.29, 1.82) is 0 Å². The lowest BCUT2D eigenvalue weighted by atomic mass is 9.92. The van der Waals surface area contributed by atoms with Gasteiger partial charge in [0.15, 0.2) is 0 Å². The van der Waals surface area contributed by atoms with Crippen molar-refractivity contribution in [2.24, 2.45) is 0 Å². The highest BCUT2D eigenvalue weighted by atomic mass is 19.1. The van der Waals surface area contributed by atoms with Crippen LogP contribution in [0.25, 0.3) is 5.57 Å². The zero-order valence-electron chi connectivity index (χ0n) is 12.3. The first-order chi connectivity index (χ1) is 8.62. The normalized spacial score (nSPS) is 14.4. The lowest BCUT2D eigenvalue weighted by molar-refractivity contribution is 0.221. The maximum Gasteiger partial charge on any atom is 0.130 e. The van der Waals surface area contributed by atoms with Crippen molar-refractivity contribution in [3.63, 3.8) is 0 Å². The monoisotopic (exact) mass is 264 g/mol. The van der Waals surface area contributed by atoms with E-state index in [0.29, 0.717) is 16.7 Å². The Labute approximate surface area is 114 Å². The second-order valence-electron chi connectivity index (χ2n) is 5.53. The summed E-state index contributed by atoms with van der Waals surface area (Å²) in [5.41, 5.74) is 2.42. The third-order valence-electron chi connectivity index (χ3n) is 3.30. The van der Waals surface area contributed by atoms with Crippen LogP contribution >= 0.6 is 0 Å². The summed E-state index contributed by atoms with van der Waals surface area (Å²) in [6, 6.07) is 5.45. The van der Waals surface area contributed by atoms with E-state index in [-0.39, 0.29) is 0 Å². The summed E-state index contributed by atoms with van der Waals surface area (Å²) in [4.78, 5) is 0. The summed E-state index contributed by atoms with van der Waals surface area (Å²) >= 11 is 0. The van der Waals surface area contributed by atoms with Crippen LogP contribution in [0, 0.1) is 6.92 Å². The van der Waals surface area contributed by atoms with Gasteiger partial charge in [-0.1, -0.05) is 24.8 Å². The molecule has 1 unspecified atom stereocenters. The minimum absolute atomic E-state index is 0.605. The maximum absolute atomic E-state index is 14.0. The van der Waals surface area contributed by atoms with E-state index in [9.17, 15) is 8.78 Å². The molecule has 0 aliphatic rings. The highest BCUT2D eigenvalue weighted by Crippen LogP contribution is 2.29. The molecule has 0 aliphatic carbocycles. The summed E-state index contributed by atoms with van der Waals surface area (Å²) in [7, 11) is 0. The molecule has 1 aromatic rings. The Hall–Kier alpha value is -1.44. The fraction of sp³-hybridized carbons (Fsp3) is 0.412. The van der Waals surface area contributed by atoms with Gasteiger partial charge in [-0.15, -0.1) is 0 Å². The van der Waals surface area contributed by atoms with E-state index in [1.807, 2.05) is 13.0 Å². The molecule has 0 N–H and O–H groups in total. The van der Waals surface area contributed by atoms with Crippen LogP contribution < -0.4 is 0 Å². The lowest BCUT2D eigenvalue weighted by Crippen LogP contribution is -2.09. The van der Waals surface area contributed by atoms with Gasteiger partial charge in [-0.2, -0.15) is 0 Å². The summed E-state index contributed by atoms with van der Waals surface area (Å²) in [5.74, 6) is 0. The fourth-order valence-corrected chi connectivity index (χ4v) is 1.81. The van der Waals surface area contributed by atoms with Crippen molar-refractivity contribution in [3.8, 4) is 0 Å². The van der Waals surface area contributed by atoms with E-state index >= 15 is 0 Å². The van der Waals surface area contributed by atoms with Crippen molar-refractivity contribution in [3.05, 3.63) is 53.1 Å². The molecular formula is C17H22F2. The molecule has 0 heterocycles. The van der Waals surface area contributed by atoms with Gasteiger partial charge in [-0.05, 0) is 68.5 Å². The second kappa shape index (κ2) is 5.68. The molecule has 0 aliphatic heterocycles. The van der Waals surface area contributed by atoms with Gasteiger partial charge >= 0.3 is 0 Å². The van der Waals surface area contributed by atoms with Gasteiger partial charge in [0.05, 0.1) is 0 Å². The summed E-state index contributed by atoms with van der Waals surface area (Å²) in [6.07, 6.45) is 0.722. The van der Waals surface area contributed by atoms with Gasteiger partial charge < -0.3 is 0 Å².